The monoisotopic (exact) mass is 461 g/mol. The second kappa shape index (κ2) is 9.77. The minimum absolute atomic E-state index is 0.0200. The molecule has 1 aliphatic rings. The lowest BCUT2D eigenvalue weighted by Crippen LogP contribution is -2.18. The number of halogens is 1. The van der Waals surface area contributed by atoms with Crippen LogP contribution in [0.4, 0.5) is 15.8 Å². The van der Waals surface area contributed by atoms with Gasteiger partial charge in [0.25, 0.3) is 0 Å². The molecule has 0 spiro atoms. The molecule has 0 amide bonds. The quantitative estimate of drug-likeness (QED) is 0.342. The standard InChI is InChI=1S/C26H28FN5O2/c1-3-9-31(21-11-19(27)12-22(13-21)33-2)20-7-8-23-24(14-20)30-25(16-28-23)18-15-29-32(17-18)26-6-4-5-10-34-26/h7-8,11-17,26H,3-6,9-10H2,1-2H3. The van der Waals surface area contributed by atoms with Crippen molar-refractivity contribution in [3.05, 3.63) is 60.8 Å². The second-order valence-electron chi connectivity index (χ2n) is 8.46. The van der Waals surface area contributed by atoms with Gasteiger partial charge in [-0.15, -0.1) is 0 Å². The molecule has 0 saturated carbocycles. The first kappa shape index (κ1) is 22.3. The number of aromatic nitrogens is 4. The molecule has 3 heterocycles. The van der Waals surface area contributed by atoms with Crippen molar-refractivity contribution in [3.8, 4) is 17.0 Å². The summed E-state index contributed by atoms with van der Waals surface area (Å²) in [5, 5.41) is 4.50. The molecule has 2 aromatic carbocycles. The highest BCUT2D eigenvalue weighted by atomic mass is 19.1. The number of hydrogen-bond acceptors (Lipinski definition) is 6. The summed E-state index contributed by atoms with van der Waals surface area (Å²) in [5.41, 5.74) is 4.86. The van der Waals surface area contributed by atoms with Crippen molar-refractivity contribution in [3.63, 3.8) is 0 Å². The fourth-order valence-corrected chi connectivity index (χ4v) is 4.32. The summed E-state index contributed by atoms with van der Waals surface area (Å²) in [6.07, 6.45) is 9.62. The number of nitrogens with zero attached hydrogens (tertiary/aromatic N) is 5. The topological polar surface area (TPSA) is 65.3 Å². The number of benzene rings is 2. The largest absolute Gasteiger partial charge is 0.497 e. The van der Waals surface area contributed by atoms with E-state index in [1.54, 1.807) is 19.5 Å². The average Bonchev–Trinajstić information content (AvgIpc) is 3.37. The lowest BCUT2D eigenvalue weighted by atomic mass is 10.2. The lowest BCUT2D eigenvalue weighted by molar-refractivity contribution is -0.0394. The van der Waals surface area contributed by atoms with E-state index in [-0.39, 0.29) is 12.0 Å². The van der Waals surface area contributed by atoms with Gasteiger partial charge in [-0.2, -0.15) is 5.10 Å². The van der Waals surface area contributed by atoms with Crippen LogP contribution in [0.5, 0.6) is 5.75 Å². The molecule has 1 fully saturated rings. The van der Waals surface area contributed by atoms with E-state index in [4.69, 9.17) is 14.5 Å². The summed E-state index contributed by atoms with van der Waals surface area (Å²) in [7, 11) is 1.54. The van der Waals surface area contributed by atoms with E-state index in [9.17, 15) is 4.39 Å². The number of rotatable bonds is 7. The fraction of sp³-hybridized carbons (Fsp3) is 0.346. The van der Waals surface area contributed by atoms with Crippen molar-refractivity contribution >= 4 is 22.4 Å². The number of ether oxygens (including phenoxy) is 2. The molecule has 1 atom stereocenters. The second-order valence-corrected chi connectivity index (χ2v) is 8.46. The Morgan fingerprint density at radius 2 is 2.03 bits per heavy atom. The molecular formula is C26H28FN5O2. The van der Waals surface area contributed by atoms with Crippen LogP contribution in [0.2, 0.25) is 0 Å². The van der Waals surface area contributed by atoms with Crippen molar-refractivity contribution in [1.82, 2.24) is 19.7 Å². The zero-order valence-electron chi connectivity index (χ0n) is 19.4. The van der Waals surface area contributed by atoms with Crippen molar-refractivity contribution in [2.24, 2.45) is 0 Å². The summed E-state index contributed by atoms with van der Waals surface area (Å²) < 4.78 is 27.2. The summed E-state index contributed by atoms with van der Waals surface area (Å²) in [5.74, 6) is 0.148. The van der Waals surface area contributed by atoms with Crippen LogP contribution in [0, 0.1) is 5.82 Å². The molecule has 2 aromatic heterocycles. The van der Waals surface area contributed by atoms with Crippen LogP contribution in [0.1, 0.15) is 38.8 Å². The van der Waals surface area contributed by atoms with Gasteiger partial charge in [0.05, 0.1) is 36.2 Å². The molecule has 8 heteroatoms. The Balaban J connectivity index is 1.49. The van der Waals surface area contributed by atoms with E-state index in [0.29, 0.717) is 5.75 Å². The van der Waals surface area contributed by atoms with E-state index in [1.165, 1.54) is 12.1 Å². The number of anilines is 2. The first-order valence-corrected chi connectivity index (χ1v) is 11.7. The van der Waals surface area contributed by atoms with Crippen molar-refractivity contribution in [2.75, 3.05) is 25.2 Å². The first-order chi connectivity index (χ1) is 16.6. The zero-order valence-corrected chi connectivity index (χ0v) is 19.4. The highest BCUT2D eigenvalue weighted by Gasteiger charge is 2.18. The normalized spacial score (nSPS) is 16.0. The van der Waals surface area contributed by atoms with Gasteiger partial charge < -0.3 is 14.4 Å². The fourth-order valence-electron chi connectivity index (χ4n) is 4.32. The van der Waals surface area contributed by atoms with Crippen LogP contribution < -0.4 is 9.64 Å². The predicted octanol–water partition coefficient (Wildman–Crippen LogP) is 5.89. The van der Waals surface area contributed by atoms with Crippen LogP contribution in [0.15, 0.2) is 55.0 Å². The van der Waals surface area contributed by atoms with Crippen LogP contribution in [-0.4, -0.2) is 40.0 Å². The van der Waals surface area contributed by atoms with Gasteiger partial charge in [-0.25, -0.2) is 14.1 Å². The molecule has 5 rings (SSSR count). The Hall–Kier alpha value is -3.52. The predicted molar refractivity (Wildman–Crippen MR) is 130 cm³/mol. The Morgan fingerprint density at radius 3 is 2.82 bits per heavy atom. The minimum Gasteiger partial charge on any atom is -0.497 e. The van der Waals surface area contributed by atoms with Crippen LogP contribution >= 0.6 is 0 Å². The van der Waals surface area contributed by atoms with Gasteiger partial charge in [-0.1, -0.05) is 6.92 Å². The number of hydrogen-bond donors (Lipinski definition) is 0. The highest BCUT2D eigenvalue weighted by Crippen LogP contribution is 2.32. The van der Waals surface area contributed by atoms with E-state index in [2.05, 4.69) is 21.9 Å². The number of fused-ring (bicyclic) bond motifs is 1. The summed E-state index contributed by atoms with van der Waals surface area (Å²) in [4.78, 5) is 11.5. The molecule has 4 aromatic rings. The molecule has 1 unspecified atom stereocenters. The van der Waals surface area contributed by atoms with Crippen LogP contribution in [0.25, 0.3) is 22.3 Å². The average molecular weight is 462 g/mol. The summed E-state index contributed by atoms with van der Waals surface area (Å²) >= 11 is 0. The maximum atomic E-state index is 14.2. The Morgan fingerprint density at radius 1 is 1.12 bits per heavy atom. The molecule has 7 nitrogen and oxygen atoms in total. The van der Waals surface area contributed by atoms with E-state index < -0.39 is 0 Å². The molecule has 176 valence electrons. The molecular weight excluding hydrogens is 433 g/mol. The highest BCUT2D eigenvalue weighted by molar-refractivity contribution is 5.82. The SMILES string of the molecule is CCCN(c1cc(F)cc(OC)c1)c1ccc2ncc(-c3cnn(C4CCCCO4)c3)nc2c1. The Bertz CT molecular complexity index is 1290. The molecule has 34 heavy (non-hydrogen) atoms. The molecule has 0 radical (unpaired) electrons. The minimum atomic E-state index is -0.336. The third-order valence-corrected chi connectivity index (χ3v) is 6.04. The van der Waals surface area contributed by atoms with Crippen molar-refractivity contribution in [1.29, 1.82) is 0 Å². The van der Waals surface area contributed by atoms with Gasteiger partial charge in [0.1, 0.15) is 17.8 Å². The summed E-state index contributed by atoms with van der Waals surface area (Å²) in [6, 6.07) is 10.7. The van der Waals surface area contributed by atoms with Crippen molar-refractivity contribution in [2.45, 2.75) is 38.8 Å². The van der Waals surface area contributed by atoms with Crippen LogP contribution in [-0.2, 0) is 4.74 Å². The third-order valence-electron chi connectivity index (χ3n) is 6.04. The molecule has 1 aliphatic heterocycles. The number of methoxy groups -OCH3 is 1. The molecule has 0 aliphatic carbocycles. The van der Waals surface area contributed by atoms with Crippen molar-refractivity contribution < 1.29 is 13.9 Å². The molecule has 0 N–H and O–H groups in total. The molecule has 0 bridgehead atoms. The van der Waals surface area contributed by atoms with E-state index in [0.717, 1.165) is 72.5 Å². The maximum absolute atomic E-state index is 14.2. The van der Waals surface area contributed by atoms with Gasteiger partial charge in [-0.3, -0.25) is 4.98 Å². The van der Waals surface area contributed by atoms with Gasteiger partial charge in [-0.05, 0) is 49.9 Å². The lowest BCUT2D eigenvalue weighted by Gasteiger charge is -2.25. The van der Waals surface area contributed by atoms with Gasteiger partial charge in [0, 0.05) is 48.4 Å². The molecule has 1 saturated heterocycles. The third kappa shape index (κ3) is 4.59. The van der Waals surface area contributed by atoms with Gasteiger partial charge in [0.15, 0.2) is 0 Å². The smallest absolute Gasteiger partial charge is 0.150 e. The first-order valence-electron chi connectivity index (χ1n) is 11.7. The summed E-state index contributed by atoms with van der Waals surface area (Å²) in [6.45, 7) is 3.58. The van der Waals surface area contributed by atoms with Gasteiger partial charge >= 0.3 is 0 Å². The van der Waals surface area contributed by atoms with E-state index >= 15 is 0 Å². The van der Waals surface area contributed by atoms with E-state index in [1.807, 2.05) is 35.1 Å². The van der Waals surface area contributed by atoms with Crippen LogP contribution in [0.3, 0.4) is 0 Å². The Labute approximate surface area is 198 Å². The van der Waals surface area contributed by atoms with Gasteiger partial charge in [0.2, 0.25) is 0 Å². The Kier molecular flexibility index (Phi) is 6.40. The maximum Gasteiger partial charge on any atom is 0.150 e. The zero-order chi connectivity index (χ0) is 23.5.